The lowest BCUT2D eigenvalue weighted by Crippen LogP contribution is -2.42. The zero-order chi connectivity index (χ0) is 19.0. The van der Waals surface area contributed by atoms with Crippen LogP contribution in [0.15, 0.2) is 59.2 Å². The second kappa shape index (κ2) is 7.29. The van der Waals surface area contributed by atoms with Crippen LogP contribution in [0, 0.1) is 0 Å². The Morgan fingerprint density at radius 3 is 2.67 bits per heavy atom. The molecule has 1 atom stereocenters. The standard InChI is InChI=1S/C21H21BrN4O/c1-25-20(19(22)12-24-25)15-7-8-18-16(10-15)13-26(21(18)27)17(11-23)9-14-5-3-2-4-6-14/h2-8,10,12,17H,9,11,13,23H2,1H3/t17-/m0/s1. The lowest BCUT2D eigenvalue weighted by Gasteiger charge is -2.26. The van der Waals surface area contributed by atoms with Gasteiger partial charge >= 0.3 is 0 Å². The minimum Gasteiger partial charge on any atom is -0.330 e. The summed E-state index contributed by atoms with van der Waals surface area (Å²) in [4.78, 5) is 14.9. The van der Waals surface area contributed by atoms with E-state index in [9.17, 15) is 4.79 Å². The summed E-state index contributed by atoms with van der Waals surface area (Å²) in [5.74, 6) is 0.0620. The van der Waals surface area contributed by atoms with Gasteiger partial charge < -0.3 is 10.6 Å². The molecule has 5 nitrogen and oxygen atoms in total. The molecule has 2 aromatic carbocycles. The Morgan fingerprint density at radius 1 is 1.22 bits per heavy atom. The topological polar surface area (TPSA) is 64.2 Å². The summed E-state index contributed by atoms with van der Waals surface area (Å²) in [5.41, 5.74) is 11.1. The fraction of sp³-hybridized carbons (Fsp3) is 0.238. The largest absolute Gasteiger partial charge is 0.330 e. The Kier molecular flexibility index (Phi) is 4.85. The molecule has 0 fully saturated rings. The third-order valence-corrected chi connectivity index (χ3v) is 5.71. The zero-order valence-electron chi connectivity index (χ0n) is 15.1. The highest BCUT2D eigenvalue weighted by Crippen LogP contribution is 2.33. The SMILES string of the molecule is Cn1ncc(Br)c1-c1ccc2c(c1)CN([C@H](CN)Cc1ccccc1)C2=O. The highest BCUT2D eigenvalue weighted by molar-refractivity contribution is 9.10. The number of carbonyl (C=O) groups is 1. The second-order valence-electron chi connectivity index (χ2n) is 6.85. The first-order valence-corrected chi connectivity index (χ1v) is 9.73. The number of nitrogens with two attached hydrogens (primary N) is 1. The van der Waals surface area contributed by atoms with Crippen molar-refractivity contribution in [2.24, 2.45) is 12.8 Å². The van der Waals surface area contributed by atoms with Crippen LogP contribution in [-0.4, -0.2) is 33.2 Å². The Bertz CT molecular complexity index is 964. The first-order chi connectivity index (χ1) is 13.1. The van der Waals surface area contributed by atoms with Crippen molar-refractivity contribution in [3.8, 4) is 11.3 Å². The highest BCUT2D eigenvalue weighted by atomic mass is 79.9. The molecule has 1 aliphatic rings. The van der Waals surface area contributed by atoms with Crippen molar-refractivity contribution in [3.63, 3.8) is 0 Å². The summed E-state index contributed by atoms with van der Waals surface area (Å²) in [7, 11) is 1.91. The lowest BCUT2D eigenvalue weighted by molar-refractivity contribution is 0.0708. The maximum absolute atomic E-state index is 13.0. The molecular weight excluding hydrogens is 404 g/mol. The Hall–Kier alpha value is -2.44. The van der Waals surface area contributed by atoms with Gasteiger partial charge in [-0.3, -0.25) is 9.48 Å². The monoisotopic (exact) mass is 424 g/mol. The number of hydrogen-bond acceptors (Lipinski definition) is 3. The molecule has 0 aliphatic carbocycles. The molecule has 2 N–H and O–H groups in total. The van der Waals surface area contributed by atoms with Crippen molar-refractivity contribution < 1.29 is 4.79 Å². The molecule has 0 saturated heterocycles. The summed E-state index contributed by atoms with van der Waals surface area (Å²) in [5, 5.41) is 4.28. The van der Waals surface area contributed by atoms with Gasteiger partial charge in [0.1, 0.15) is 0 Å². The van der Waals surface area contributed by atoms with Crippen LogP contribution < -0.4 is 5.73 Å². The first kappa shape index (κ1) is 17.9. The van der Waals surface area contributed by atoms with Crippen molar-refractivity contribution in [2.75, 3.05) is 6.54 Å². The molecule has 0 bridgehead atoms. The number of nitrogens with zero attached hydrogens (tertiary/aromatic N) is 3. The lowest BCUT2D eigenvalue weighted by atomic mass is 10.0. The minimum absolute atomic E-state index is 0.0146. The molecule has 0 radical (unpaired) electrons. The molecule has 1 aromatic heterocycles. The molecule has 4 rings (SSSR count). The molecule has 1 amide bonds. The average Bonchev–Trinajstić information content (AvgIpc) is 3.19. The van der Waals surface area contributed by atoms with Crippen molar-refractivity contribution in [1.82, 2.24) is 14.7 Å². The van der Waals surface area contributed by atoms with E-state index in [1.54, 1.807) is 6.20 Å². The van der Waals surface area contributed by atoms with E-state index in [2.05, 4.69) is 39.2 Å². The fourth-order valence-corrected chi connectivity index (χ4v) is 4.30. The van der Waals surface area contributed by atoms with Crippen molar-refractivity contribution in [1.29, 1.82) is 0 Å². The average molecular weight is 425 g/mol. The van der Waals surface area contributed by atoms with Gasteiger partial charge in [-0.2, -0.15) is 5.10 Å². The van der Waals surface area contributed by atoms with E-state index in [0.29, 0.717) is 13.1 Å². The van der Waals surface area contributed by atoms with E-state index in [1.165, 1.54) is 5.56 Å². The molecule has 2 heterocycles. The second-order valence-corrected chi connectivity index (χ2v) is 7.70. The van der Waals surface area contributed by atoms with Crippen LogP contribution in [0.25, 0.3) is 11.3 Å². The summed E-state index contributed by atoms with van der Waals surface area (Å²) in [6.07, 6.45) is 2.54. The van der Waals surface area contributed by atoms with E-state index in [4.69, 9.17) is 5.73 Å². The van der Waals surface area contributed by atoms with Gasteiger partial charge in [-0.1, -0.05) is 36.4 Å². The van der Waals surface area contributed by atoms with Crippen LogP contribution in [0.5, 0.6) is 0 Å². The van der Waals surface area contributed by atoms with Crippen LogP contribution in [0.2, 0.25) is 0 Å². The number of carbonyl (C=O) groups excluding carboxylic acids is 1. The Labute approximate surface area is 166 Å². The first-order valence-electron chi connectivity index (χ1n) is 8.94. The van der Waals surface area contributed by atoms with Gasteiger partial charge in [0.2, 0.25) is 0 Å². The van der Waals surface area contributed by atoms with Crippen LogP contribution >= 0.6 is 15.9 Å². The molecule has 27 heavy (non-hydrogen) atoms. The molecular formula is C21H21BrN4O. The number of rotatable bonds is 5. The number of aryl methyl sites for hydroxylation is 1. The zero-order valence-corrected chi connectivity index (χ0v) is 16.7. The van der Waals surface area contributed by atoms with E-state index < -0.39 is 0 Å². The molecule has 0 saturated carbocycles. The quantitative estimate of drug-likeness (QED) is 0.682. The number of hydrogen-bond donors (Lipinski definition) is 1. The summed E-state index contributed by atoms with van der Waals surface area (Å²) < 4.78 is 2.77. The van der Waals surface area contributed by atoms with Crippen LogP contribution in [-0.2, 0) is 20.0 Å². The van der Waals surface area contributed by atoms with Crippen LogP contribution in [0.1, 0.15) is 21.5 Å². The van der Waals surface area contributed by atoms with Gasteiger partial charge in [-0.25, -0.2) is 0 Å². The third kappa shape index (κ3) is 3.31. The number of aromatic nitrogens is 2. The van der Waals surface area contributed by atoms with Gasteiger partial charge in [0.15, 0.2) is 0 Å². The normalized spacial score (nSPS) is 14.5. The number of halogens is 1. The third-order valence-electron chi connectivity index (χ3n) is 5.13. The molecule has 3 aromatic rings. The van der Waals surface area contributed by atoms with Gasteiger partial charge in [0.05, 0.1) is 16.4 Å². The fourth-order valence-electron chi connectivity index (χ4n) is 3.73. The summed E-state index contributed by atoms with van der Waals surface area (Å²) in [6, 6.07) is 16.2. The van der Waals surface area contributed by atoms with Gasteiger partial charge in [0.25, 0.3) is 5.91 Å². The van der Waals surface area contributed by atoms with E-state index in [0.717, 1.165) is 33.3 Å². The molecule has 138 valence electrons. The van der Waals surface area contributed by atoms with Crippen molar-refractivity contribution in [2.45, 2.75) is 19.0 Å². The van der Waals surface area contributed by atoms with E-state index >= 15 is 0 Å². The van der Waals surface area contributed by atoms with Gasteiger partial charge in [0, 0.05) is 37.3 Å². The highest BCUT2D eigenvalue weighted by Gasteiger charge is 2.32. The number of fused-ring (bicyclic) bond motifs is 1. The van der Waals surface area contributed by atoms with E-state index in [1.807, 2.05) is 47.0 Å². The van der Waals surface area contributed by atoms with Gasteiger partial charge in [-0.05, 0) is 45.6 Å². The summed E-state index contributed by atoms with van der Waals surface area (Å²) in [6.45, 7) is 1.03. The number of amides is 1. The maximum atomic E-state index is 13.0. The van der Waals surface area contributed by atoms with Gasteiger partial charge in [-0.15, -0.1) is 0 Å². The number of benzene rings is 2. The predicted molar refractivity (Wildman–Crippen MR) is 109 cm³/mol. The molecule has 0 unspecified atom stereocenters. The summed E-state index contributed by atoms with van der Waals surface area (Å²) >= 11 is 3.55. The van der Waals surface area contributed by atoms with Crippen molar-refractivity contribution in [3.05, 3.63) is 75.9 Å². The minimum atomic E-state index is -0.0146. The molecule has 6 heteroatoms. The molecule has 0 spiro atoms. The van der Waals surface area contributed by atoms with Crippen molar-refractivity contribution >= 4 is 21.8 Å². The maximum Gasteiger partial charge on any atom is 0.254 e. The Morgan fingerprint density at radius 2 is 2.00 bits per heavy atom. The van der Waals surface area contributed by atoms with E-state index in [-0.39, 0.29) is 11.9 Å². The van der Waals surface area contributed by atoms with Crippen LogP contribution in [0.3, 0.4) is 0 Å². The predicted octanol–water partition coefficient (Wildman–Crippen LogP) is 3.38. The Balaban J connectivity index is 1.61. The van der Waals surface area contributed by atoms with Crippen LogP contribution in [0.4, 0.5) is 0 Å². The smallest absolute Gasteiger partial charge is 0.254 e. The molecule has 1 aliphatic heterocycles.